The molecule has 0 fully saturated rings. The molecule has 0 spiro atoms. The van der Waals surface area contributed by atoms with Gasteiger partial charge in [0.2, 0.25) is 0 Å². The summed E-state index contributed by atoms with van der Waals surface area (Å²) < 4.78 is 0.604. The second kappa shape index (κ2) is 6.16. The Labute approximate surface area is 136 Å². The summed E-state index contributed by atoms with van der Waals surface area (Å²) in [5.41, 5.74) is 1.51. The van der Waals surface area contributed by atoms with Gasteiger partial charge in [-0.2, -0.15) is 0 Å². The van der Waals surface area contributed by atoms with Crippen molar-refractivity contribution in [2.45, 2.75) is 0 Å². The van der Waals surface area contributed by atoms with E-state index in [1.807, 2.05) is 42.5 Å². The molecule has 0 aliphatic carbocycles. The maximum absolute atomic E-state index is 12.3. The average Bonchev–Trinajstić information content (AvgIpc) is 2.55. The van der Waals surface area contributed by atoms with Crippen LogP contribution in [-0.2, 0) is 0 Å². The summed E-state index contributed by atoms with van der Waals surface area (Å²) in [4.78, 5) is 12.3. The Kier molecular flexibility index (Phi) is 4.07. The first-order valence-electron chi connectivity index (χ1n) is 6.83. The Balaban J connectivity index is 1.85. The molecule has 0 aromatic heterocycles. The first-order chi connectivity index (χ1) is 10.6. The normalized spacial score (nSPS) is 11.1. The largest absolute Gasteiger partial charge is 0.507 e. The van der Waals surface area contributed by atoms with Crippen molar-refractivity contribution < 1.29 is 9.90 Å². The maximum Gasteiger partial charge on any atom is 0.185 e. The predicted octanol–water partition coefficient (Wildman–Crippen LogP) is 5.20. The summed E-state index contributed by atoms with van der Waals surface area (Å²) >= 11 is 3.26. The van der Waals surface area contributed by atoms with Gasteiger partial charge in [-0.3, -0.25) is 4.79 Å². The lowest BCUT2D eigenvalue weighted by Crippen LogP contribution is -1.93. The van der Waals surface area contributed by atoms with Gasteiger partial charge in [-0.05, 0) is 56.5 Å². The molecule has 3 rings (SSSR count). The second-order valence-electron chi connectivity index (χ2n) is 4.97. The molecule has 0 atom stereocenters. The molecule has 2 nitrogen and oxygen atoms in total. The van der Waals surface area contributed by atoms with Gasteiger partial charge in [-0.1, -0.05) is 48.5 Å². The highest BCUT2D eigenvalue weighted by Crippen LogP contribution is 2.25. The Morgan fingerprint density at radius 2 is 1.73 bits per heavy atom. The molecule has 3 aromatic carbocycles. The summed E-state index contributed by atoms with van der Waals surface area (Å²) in [5, 5.41) is 11.6. The van der Waals surface area contributed by atoms with E-state index in [2.05, 4.69) is 15.9 Å². The Morgan fingerprint density at radius 1 is 0.955 bits per heavy atom. The lowest BCUT2D eigenvalue weighted by atomic mass is 10.0. The Hall–Kier alpha value is -2.39. The summed E-state index contributed by atoms with van der Waals surface area (Å²) in [5.74, 6) is 0.132. The second-order valence-corrected chi connectivity index (χ2v) is 5.82. The number of allylic oxidation sites excluding steroid dienone is 1. The number of phenols is 1. The van der Waals surface area contributed by atoms with Gasteiger partial charge in [0.15, 0.2) is 5.78 Å². The molecule has 0 amide bonds. The van der Waals surface area contributed by atoms with Gasteiger partial charge in [0.25, 0.3) is 0 Å². The SMILES string of the molecule is O=C(/C=C/c1ccc(O)c(Br)c1)c1ccc2ccccc2c1. The molecule has 3 aromatic rings. The van der Waals surface area contributed by atoms with Gasteiger partial charge in [0.05, 0.1) is 4.47 Å². The van der Waals surface area contributed by atoms with Gasteiger partial charge in [0, 0.05) is 5.56 Å². The molecule has 0 saturated carbocycles. The van der Waals surface area contributed by atoms with Crippen LogP contribution in [0.1, 0.15) is 15.9 Å². The maximum atomic E-state index is 12.3. The first-order valence-corrected chi connectivity index (χ1v) is 7.62. The van der Waals surface area contributed by atoms with Gasteiger partial charge < -0.3 is 5.11 Å². The van der Waals surface area contributed by atoms with E-state index in [1.54, 1.807) is 30.4 Å². The number of phenolic OH excluding ortho intramolecular Hbond substituents is 1. The number of rotatable bonds is 3. The summed E-state index contributed by atoms with van der Waals surface area (Å²) in [7, 11) is 0. The lowest BCUT2D eigenvalue weighted by molar-refractivity contribution is 0.104. The van der Waals surface area contributed by atoms with E-state index in [0.29, 0.717) is 10.0 Å². The average molecular weight is 353 g/mol. The molecule has 3 heteroatoms. The summed E-state index contributed by atoms with van der Waals surface area (Å²) in [6.07, 6.45) is 3.28. The van der Waals surface area contributed by atoms with E-state index in [0.717, 1.165) is 16.3 Å². The van der Waals surface area contributed by atoms with Crippen molar-refractivity contribution in [1.29, 1.82) is 0 Å². The molecule has 0 aliphatic rings. The monoisotopic (exact) mass is 352 g/mol. The van der Waals surface area contributed by atoms with Crippen LogP contribution in [0.15, 0.2) is 71.2 Å². The minimum Gasteiger partial charge on any atom is -0.507 e. The zero-order valence-electron chi connectivity index (χ0n) is 11.7. The standard InChI is InChI=1S/C19H13BrO2/c20-17-11-13(6-10-19(17)22)5-9-18(21)16-8-7-14-3-1-2-4-15(14)12-16/h1-12,22H/b9-5+. The molecule has 0 heterocycles. The van der Waals surface area contributed by atoms with Gasteiger partial charge >= 0.3 is 0 Å². The lowest BCUT2D eigenvalue weighted by Gasteiger charge is -2.01. The smallest absolute Gasteiger partial charge is 0.185 e. The summed E-state index contributed by atoms with van der Waals surface area (Å²) in [6, 6.07) is 18.7. The van der Waals surface area contributed by atoms with Crippen molar-refractivity contribution >= 4 is 38.6 Å². The van der Waals surface area contributed by atoms with Crippen LogP contribution >= 0.6 is 15.9 Å². The zero-order valence-corrected chi connectivity index (χ0v) is 13.2. The van der Waals surface area contributed by atoms with Gasteiger partial charge in [-0.15, -0.1) is 0 Å². The van der Waals surface area contributed by atoms with Crippen molar-refractivity contribution in [2.24, 2.45) is 0 Å². The fourth-order valence-electron chi connectivity index (χ4n) is 2.24. The summed E-state index contributed by atoms with van der Waals surface area (Å²) in [6.45, 7) is 0. The third-order valence-corrected chi connectivity index (χ3v) is 4.07. The van der Waals surface area contributed by atoms with Crippen LogP contribution < -0.4 is 0 Å². The molecule has 0 saturated heterocycles. The van der Waals surface area contributed by atoms with Gasteiger partial charge in [0.1, 0.15) is 5.75 Å². The van der Waals surface area contributed by atoms with E-state index in [4.69, 9.17) is 0 Å². The number of halogens is 1. The number of ketones is 1. The van der Waals surface area contributed by atoms with E-state index in [9.17, 15) is 9.90 Å². The Morgan fingerprint density at radius 3 is 2.50 bits per heavy atom. The first kappa shape index (κ1) is 14.5. The quantitative estimate of drug-likeness (QED) is 0.519. The number of benzene rings is 3. The van der Waals surface area contributed by atoms with E-state index >= 15 is 0 Å². The molecule has 0 unspecified atom stereocenters. The number of carbonyl (C=O) groups excluding carboxylic acids is 1. The van der Waals surface area contributed by atoms with Crippen LogP contribution in [-0.4, -0.2) is 10.9 Å². The van der Waals surface area contributed by atoms with Crippen LogP contribution in [0.5, 0.6) is 5.75 Å². The highest BCUT2D eigenvalue weighted by Gasteiger charge is 2.03. The topological polar surface area (TPSA) is 37.3 Å². The highest BCUT2D eigenvalue weighted by atomic mass is 79.9. The van der Waals surface area contributed by atoms with Crippen LogP contribution in [0.4, 0.5) is 0 Å². The van der Waals surface area contributed by atoms with Crippen molar-refractivity contribution in [2.75, 3.05) is 0 Å². The molecular formula is C19H13BrO2. The molecule has 1 N–H and O–H groups in total. The number of hydrogen-bond donors (Lipinski definition) is 1. The van der Waals surface area contributed by atoms with Crippen LogP contribution in [0.2, 0.25) is 0 Å². The van der Waals surface area contributed by atoms with Crippen LogP contribution in [0.3, 0.4) is 0 Å². The van der Waals surface area contributed by atoms with Crippen molar-refractivity contribution in [1.82, 2.24) is 0 Å². The van der Waals surface area contributed by atoms with Crippen molar-refractivity contribution in [3.63, 3.8) is 0 Å². The van der Waals surface area contributed by atoms with Crippen LogP contribution in [0.25, 0.3) is 16.8 Å². The van der Waals surface area contributed by atoms with Crippen molar-refractivity contribution in [3.8, 4) is 5.75 Å². The molecule has 22 heavy (non-hydrogen) atoms. The molecule has 108 valence electrons. The highest BCUT2D eigenvalue weighted by molar-refractivity contribution is 9.10. The number of hydrogen-bond acceptors (Lipinski definition) is 2. The number of aromatic hydroxyl groups is 1. The van der Waals surface area contributed by atoms with Crippen LogP contribution in [0, 0.1) is 0 Å². The fourth-order valence-corrected chi connectivity index (χ4v) is 2.63. The van der Waals surface area contributed by atoms with Gasteiger partial charge in [-0.25, -0.2) is 0 Å². The van der Waals surface area contributed by atoms with E-state index < -0.39 is 0 Å². The molecule has 0 bridgehead atoms. The van der Waals surface area contributed by atoms with Crippen molar-refractivity contribution in [3.05, 3.63) is 82.3 Å². The Bertz CT molecular complexity index is 881. The molecule has 0 radical (unpaired) electrons. The molecular weight excluding hydrogens is 340 g/mol. The zero-order chi connectivity index (χ0) is 15.5. The third-order valence-electron chi connectivity index (χ3n) is 3.43. The fraction of sp³-hybridized carbons (Fsp3) is 0. The number of carbonyl (C=O) groups is 1. The molecule has 0 aliphatic heterocycles. The third kappa shape index (κ3) is 3.10. The minimum absolute atomic E-state index is 0.0463. The number of fused-ring (bicyclic) bond motifs is 1. The minimum atomic E-state index is -0.0463. The predicted molar refractivity (Wildman–Crippen MR) is 93.1 cm³/mol. The van der Waals surface area contributed by atoms with E-state index in [-0.39, 0.29) is 11.5 Å². The van der Waals surface area contributed by atoms with E-state index in [1.165, 1.54) is 0 Å².